The molecule has 1 aromatic rings. The molecular weight excluding hydrogens is 170 g/mol. The summed E-state index contributed by atoms with van der Waals surface area (Å²) in [7, 11) is 0. The van der Waals surface area contributed by atoms with E-state index in [1.165, 1.54) is 6.08 Å². The van der Waals surface area contributed by atoms with Gasteiger partial charge in [0.05, 0.1) is 0 Å². The maximum Gasteiger partial charge on any atom is 0.247 e. The molecule has 60 valence electrons. The summed E-state index contributed by atoms with van der Waals surface area (Å²) >= 11 is 1.07. The Bertz CT molecular complexity index is 302. The van der Waals surface area contributed by atoms with Crippen molar-refractivity contribution in [1.29, 1.82) is 0 Å². The van der Waals surface area contributed by atoms with E-state index in [0.717, 1.165) is 17.5 Å². The van der Waals surface area contributed by atoms with Crippen LogP contribution < -0.4 is 0 Å². The molecule has 1 rings (SSSR count). The Morgan fingerprint density at radius 1 is 1.33 bits per heavy atom. The summed E-state index contributed by atoms with van der Waals surface area (Å²) in [5, 5.41) is 1.74. The van der Waals surface area contributed by atoms with Crippen molar-refractivity contribution in [1.82, 2.24) is 0 Å². The normalized spacial score (nSPS) is 9.67. The maximum absolute atomic E-state index is 9.67. The van der Waals surface area contributed by atoms with E-state index < -0.39 is 0 Å². The molecule has 0 bridgehead atoms. The first kappa shape index (κ1) is 8.78. The van der Waals surface area contributed by atoms with Gasteiger partial charge in [-0.05, 0) is 17.0 Å². The first-order valence-corrected chi connectivity index (χ1v) is 4.22. The van der Waals surface area contributed by atoms with Crippen LogP contribution in [0.5, 0.6) is 0 Å². The summed E-state index contributed by atoms with van der Waals surface area (Å²) in [5.74, 6) is 0. The van der Waals surface area contributed by atoms with E-state index in [9.17, 15) is 4.79 Å². The molecule has 0 heterocycles. The SMILES string of the molecule is O=C=NSC=Cc1ccccc1. The fraction of sp³-hybridized carbons (Fsp3) is 0. The fourth-order valence-corrected chi connectivity index (χ4v) is 1.05. The number of hydrogen-bond acceptors (Lipinski definition) is 3. The van der Waals surface area contributed by atoms with Crippen LogP contribution in [0.4, 0.5) is 0 Å². The number of hydrogen-bond donors (Lipinski definition) is 0. The molecule has 0 aliphatic heterocycles. The highest BCUT2D eigenvalue weighted by Crippen LogP contribution is 2.07. The molecule has 0 aliphatic rings. The number of nitrogens with zero attached hydrogens (tertiary/aromatic N) is 1. The smallest absolute Gasteiger partial charge is 0.210 e. The number of isocyanates is 1. The van der Waals surface area contributed by atoms with Crippen molar-refractivity contribution < 1.29 is 4.79 Å². The van der Waals surface area contributed by atoms with Crippen molar-refractivity contribution in [2.24, 2.45) is 4.40 Å². The van der Waals surface area contributed by atoms with Crippen LogP contribution in [0.25, 0.3) is 6.08 Å². The Morgan fingerprint density at radius 3 is 2.75 bits per heavy atom. The summed E-state index contributed by atoms with van der Waals surface area (Å²) in [6, 6.07) is 9.80. The average Bonchev–Trinajstić information content (AvgIpc) is 2.14. The van der Waals surface area contributed by atoms with Crippen LogP contribution in [0.15, 0.2) is 40.1 Å². The van der Waals surface area contributed by atoms with Crippen molar-refractivity contribution in [3.63, 3.8) is 0 Å². The zero-order valence-corrected chi connectivity index (χ0v) is 7.12. The lowest BCUT2D eigenvalue weighted by Gasteiger charge is -1.87. The minimum atomic E-state index is 1.07. The molecule has 0 unspecified atom stereocenters. The van der Waals surface area contributed by atoms with Crippen molar-refractivity contribution >= 4 is 24.1 Å². The minimum absolute atomic E-state index is 1.07. The van der Waals surface area contributed by atoms with E-state index in [0.29, 0.717) is 0 Å². The van der Waals surface area contributed by atoms with Crippen molar-refractivity contribution in [2.75, 3.05) is 0 Å². The van der Waals surface area contributed by atoms with E-state index in [1.54, 1.807) is 5.41 Å². The Kier molecular flexibility index (Phi) is 3.92. The van der Waals surface area contributed by atoms with Gasteiger partial charge in [-0.3, -0.25) is 0 Å². The van der Waals surface area contributed by atoms with Crippen LogP contribution in [-0.2, 0) is 4.79 Å². The fourth-order valence-electron chi connectivity index (χ4n) is 0.725. The molecule has 2 nitrogen and oxygen atoms in total. The topological polar surface area (TPSA) is 29.4 Å². The van der Waals surface area contributed by atoms with Crippen LogP contribution in [0.3, 0.4) is 0 Å². The third-order valence-electron chi connectivity index (χ3n) is 1.21. The van der Waals surface area contributed by atoms with Gasteiger partial charge in [0.1, 0.15) is 0 Å². The molecule has 0 amide bonds. The lowest BCUT2D eigenvalue weighted by Crippen LogP contribution is -1.65. The molecule has 0 aromatic heterocycles. The zero-order chi connectivity index (χ0) is 8.65. The highest BCUT2D eigenvalue weighted by molar-refractivity contribution is 8.01. The second-order valence-electron chi connectivity index (χ2n) is 2.00. The van der Waals surface area contributed by atoms with Gasteiger partial charge < -0.3 is 0 Å². The Hall–Kier alpha value is -1.31. The largest absolute Gasteiger partial charge is 0.247 e. The minimum Gasteiger partial charge on any atom is -0.210 e. The van der Waals surface area contributed by atoms with Gasteiger partial charge in [0.15, 0.2) is 0 Å². The predicted octanol–water partition coefficient (Wildman–Crippen LogP) is 2.64. The van der Waals surface area contributed by atoms with Crippen LogP contribution >= 0.6 is 11.9 Å². The lowest BCUT2D eigenvalue weighted by atomic mass is 10.2. The summed E-state index contributed by atoms with van der Waals surface area (Å²) in [6.45, 7) is 0. The first-order valence-electron chi connectivity index (χ1n) is 3.38. The zero-order valence-electron chi connectivity index (χ0n) is 6.31. The monoisotopic (exact) mass is 177 g/mol. The van der Waals surface area contributed by atoms with E-state index in [1.807, 2.05) is 36.4 Å². The summed E-state index contributed by atoms with van der Waals surface area (Å²) in [4.78, 5) is 9.67. The highest BCUT2D eigenvalue weighted by Gasteiger charge is 1.80. The van der Waals surface area contributed by atoms with Gasteiger partial charge >= 0.3 is 0 Å². The molecule has 12 heavy (non-hydrogen) atoms. The molecule has 0 saturated heterocycles. The molecule has 1 aromatic carbocycles. The van der Waals surface area contributed by atoms with Crippen LogP contribution in [0.1, 0.15) is 5.56 Å². The molecule has 3 heteroatoms. The Labute approximate surface area is 75.2 Å². The summed E-state index contributed by atoms with van der Waals surface area (Å²) < 4.78 is 3.31. The van der Waals surface area contributed by atoms with Gasteiger partial charge in [0, 0.05) is 11.9 Å². The third-order valence-corrected chi connectivity index (χ3v) is 1.65. The number of rotatable bonds is 3. The van der Waals surface area contributed by atoms with Crippen molar-refractivity contribution in [2.45, 2.75) is 0 Å². The molecular formula is C9H7NOS. The van der Waals surface area contributed by atoms with E-state index in [-0.39, 0.29) is 0 Å². The van der Waals surface area contributed by atoms with Crippen LogP contribution in [0.2, 0.25) is 0 Å². The van der Waals surface area contributed by atoms with Gasteiger partial charge in [-0.15, -0.1) is 4.40 Å². The Balaban J connectivity index is 2.52. The van der Waals surface area contributed by atoms with Crippen molar-refractivity contribution in [3.8, 4) is 0 Å². The molecule has 0 radical (unpaired) electrons. The van der Waals surface area contributed by atoms with E-state index >= 15 is 0 Å². The van der Waals surface area contributed by atoms with Gasteiger partial charge in [-0.2, -0.15) is 0 Å². The summed E-state index contributed by atoms with van der Waals surface area (Å²) in [6.07, 6.45) is 3.32. The second kappa shape index (κ2) is 5.35. The average molecular weight is 177 g/mol. The quantitative estimate of drug-likeness (QED) is 0.403. The molecule has 0 saturated carbocycles. The standard InChI is InChI=1S/C9H7NOS/c11-8-10-12-7-6-9-4-2-1-3-5-9/h1-7H. The van der Waals surface area contributed by atoms with Gasteiger partial charge in [-0.1, -0.05) is 30.3 Å². The molecule has 0 atom stereocenters. The van der Waals surface area contributed by atoms with Crippen LogP contribution in [0, 0.1) is 0 Å². The molecule has 0 spiro atoms. The molecule has 0 aliphatic carbocycles. The van der Waals surface area contributed by atoms with E-state index in [2.05, 4.69) is 4.40 Å². The second-order valence-corrected chi connectivity index (χ2v) is 2.67. The maximum atomic E-state index is 9.67. The van der Waals surface area contributed by atoms with E-state index in [4.69, 9.17) is 0 Å². The van der Waals surface area contributed by atoms with Gasteiger partial charge in [0.2, 0.25) is 6.08 Å². The third kappa shape index (κ3) is 3.19. The molecule has 0 fully saturated rings. The van der Waals surface area contributed by atoms with Crippen molar-refractivity contribution in [3.05, 3.63) is 41.3 Å². The first-order chi connectivity index (χ1) is 5.93. The number of carbonyl (C=O) groups excluding carboxylic acids is 1. The van der Waals surface area contributed by atoms with Gasteiger partial charge in [0.25, 0.3) is 0 Å². The predicted molar refractivity (Wildman–Crippen MR) is 51.2 cm³/mol. The van der Waals surface area contributed by atoms with Crippen LogP contribution in [-0.4, -0.2) is 6.08 Å². The summed E-state index contributed by atoms with van der Waals surface area (Å²) in [5.41, 5.74) is 1.09. The Morgan fingerprint density at radius 2 is 2.08 bits per heavy atom. The van der Waals surface area contributed by atoms with Gasteiger partial charge in [-0.25, -0.2) is 4.79 Å². The molecule has 0 N–H and O–H groups in total. The lowest BCUT2D eigenvalue weighted by molar-refractivity contribution is 0.566. The highest BCUT2D eigenvalue weighted by atomic mass is 32.2. The number of benzene rings is 1.